The summed E-state index contributed by atoms with van der Waals surface area (Å²) in [5.41, 5.74) is 0.403. The molecule has 0 radical (unpaired) electrons. The maximum Gasteiger partial charge on any atom is 0.261 e. The Morgan fingerprint density at radius 1 is 0.815 bits per heavy atom. The lowest BCUT2D eigenvalue weighted by Gasteiger charge is -2.35. The topological polar surface area (TPSA) is 59.1 Å². The van der Waals surface area contributed by atoms with Crippen LogP contribution in [0.25, 0.3) is 0 Å². The van der Waals surface area contributed by atoms with Crippen LogP contribution in [0, 0.1) is 5.82 Å². The maximum atomic E-state index is 13.8. The first-order valence-electron chi connectivity index (χ1n) is 8.61. The predicted octanol–water partition coefficient (Wildman–Crippen LogP) is 2.44. The van der Waals surface area contributed by atoms with Gasteiger partial charge in [-0.15, -0.1) is 0 Å². The van der Waals surface area contributed by atoms with Crippen LogP contribution in [0.4, 0.5) is 4.39 Å². The number of piperazine rings is 1. The molecule has 0 unspecified atom stereocenters. The molecule has 0 atom stereocenters. The Balaban J connectivity index is 1.72. The fraction of sp³-hybridized carbons (Fsp3) is 0.300. The van der Waals surface area contributed by atoms with Gasteiger partial charge in [0.15, 0.2) is 0 Å². The van der Waals surface area contributed by atoms with Gasteiger partial charge in [-0.3, -0.25) is 9.59 Å². The van der Waals surface area contributed by atoms with Gasteiger partial charge >= 0.3 is 0 Å². The van der Waals surface area contributed by atoms with Crippen molar-refractivity contribution in [2.75, 3.05) is 40.4 Å². The summed E-state index contributed by atoms with van der Waals surface area (Å²) in [5, 5.41) is 0. The van der Waals surface area contributed by atoms with Crippen LogP contribution in [0.3, 0.4) is 0 Å². The molecule has 0 aromatic heterocycles. The Morgan fingerprint density at radius 2 is 1.33 bits per heavy atom. The molecule has 1 heterocycles. The molecule has 0 saturated carbocycles. The summed E-state index contributed by atoms with van der Waals surface area (Å²) in [7, 11) is 2.99. The molecule has 2 amide bonds. The highest BCUT2D eigenvalue weighted by atomic mass is 19.1. The number of ether oxygens (including phenoxy) is 2. The quantitative estimate of drug-likeness (QED) is 0.827. The van der Waals surface area contributed by atoms with Gasteiger partial charge < -0.3 is 19.3 Å². The minimum Gasteiger partial charge on any atom is -0.496 e. The van der Waals surface area contributed by atoms with Gasteiger partial charge in [-0.1, -0.05) is 18.2 Å². The SMILES string of the molecule is COc1cccc(OC)c1C(=O)N1CCN(C(=O)c2ccccc2F)CC1. The highest BCUT2D eigenvalue weighted by molar-refractivity contribution is 6.00. The molecule has 1 aliphatic rings. The number of rotatable bonds is 4. The standard InChI is InChI=1S/C20H21FN2O4/c1-26-16-8-5-9-17(27-2)18(16)20(25)23-12-10-22(11-13-23)19(24)14-6-3-4-7-15(14)21/h3-9H,10-13H2,1-2H3. The molecule has 142 valence electrons. The van der Waals surface area contributed by atoms with Crippen molar-refractivity contribution in [1.82, 2.24) is 9.80 Å². The van der Waals surface area contributed by atoms with Crippen molar-refractivity contribution in [3.05, 3.63) is 59.4 Å². The lowest BCUT2D eigenvalue weighted by molar-refractivity contribution is 0.0529. The van der Waals surface area contributed by atoms with Crippen molar-refractivity contribution in [1.29, 1.82) is 0 Å². The normalized spacial score (nSPS) is 14.0. The summed E-state index contributed by atoms with van der Waals surface area (Å²) >= 11 is 0. The smallest absolute Gasteiger partial charge is 0.261 e. The van der Waals surface area contributed by atoms with Crippen molar-refractivity contribution in [2.24, 2.45) is 0 Å². The predicted molar refractivity (Wildman–Crippen MR) is 97.8 cm³/mol. The van der Waals surface area contributed by atoms with Crippen LogP contribution in [0.2, 0.25) is 0 Å². The van der Waals surface area contributed by atoms with Crippen LogP contribution < -0.4 is 9.47 Å². The molecule has 0 N–H and O–H groups in total. The summed E-state index contributed by atoms with van der Waals surface area (Å²) in [6.07, 6.45) is 0. The molecule has 1 fully saturated rings. The van der Waals surface area contributed by atoms with E-state index in [1.54, 1.807) is 40.1 Å². The molecule has 7 heteroatoms. The average molecular weight is 372 g/mol. The zero-order valence-corrected chi connectivity index (χ0v) is 15.3. The van der Waals surface area contributed by atoms with Crippen LogP contribution in [-0.4, -0.2) is 62.0 Å². The van der Waals surface area contributed by atoms with Crippen LogP contribution in [0.5, 0.6) is 11.5 Å². The summed E-state index contributed by atoms with van der Waals surface area (Å²) < 4.78 is 24.4. The summed E-state index contributed by atoms with van der Waals surface area (Å²) in [6.45, 7) is 1.35. The maximum absolute atomic E-state index is 13.8. The van der Waals surface area contributed by atoms with Crippen LogP contribution in [0.15, 0.2) is 42.5 Å². The first-order chi connectivity index (χ1) is 13.1. The first-order valence-corrected chi connectivity index (χ1v) is 8.61. The number of carbonyl (C=O) groups is 2. The molecule has 6 nitrogen and oxygen atoms in total. The van der Waals surface area contributed by atoms with E-state index in [0.717, 1.165) is 0 Å². The van der Waals surface area contributed by atoms with E-state index in [9.17, 15) is 14.0 Å². The average Bonchev–Trinajstić information content (AvgIpc) is 2.72. The summed E-state index contributed by atoms with van der Waals surface area (Å²) in [6, 6.07) is 11.1. The molecule has 2 aromatic carbocycles. The van der Waals surface area contributed by atoms with Gasteiger partial charge in [0.05, 0.1) is 19.8 Å². The van der Waals surface area contributed by atoms with Crippen molar-refractivity contribution >= 4 is 11.8 Å². The van der Waals surface area contributed by atoms with Crippen molar-refractivity contribution in [3.8, 4) is 11.5 Å². The second-order valence-electron chi connectivity index (χ2n) is 6.10. The Kier molecular flexibility index (Phi) is 5.59. The summed E-state index contributed by atoms with van der Waals surface area (Å²) in [4.78, 5) is 28.7. The summed E-state index contributed by atoms with van der Waals surface area (Å²) in [5.74, 6) is -0.259. The number of carbonyl (C=O) groups excluding carboxylic acids is 2. The van der Waals surface area contributed by atoms with Gasteiger partial charge in [-0.05, 0) is 24.3 Å². The zero-order chi connectivity index (χ0) is 19.4. The number of benzene rings is 2. The van der Waals surface area contributed by atoms with Crippen molar-refractivity contribution in [2.45, 2.75) is 0 Å². The van der Waals surface area contributed by atoms with E-state index in [4.69, 9.17) is 9.47 Å². The van der Waals surface area contributed by atoms with Gasteiger partial charge in [0.25, 0.3) is 11.8 Å². The van der Waals surface area contributed by atoms with Gasteiger partial charge in [-0.2, -0.15) is 0 Å². The lowest BCUT2D eigenvalue weighted by atomic mass is 10.1. The van der Waals surface area contributed by atoms with Crippen LogP contribution >= 0.6 is 0 Å². The largest absolute Gasteiger partial charge is 0.496 e. The van der Waals surface area contributed by atoms with Gasteiger partial charge in [0.2, 0.25) is 0 Å². The van der Waals surface area contributed by atoms with E-state index in [0.29, 0.717) is 43.2 Å². The monoisotopic (exact) mass is 372 g/mol. The molecule has 0 aliphatic carbocycles. The number of hydrogen-bond acceptors (Lipinski definition) is 4. The Bertz CT molecular complexity index is 825. The Hall–Kier alpha value is -3.09. The first kappa shape index (κ1) is 18.7. The molecule has 1 aliphatic heterocycles. The minimum atomic E-state index is -0.542. The number of methoxy groups -OCH3 is 2. The molecule has 0 spiro atoms. The lowest BCUT2D eigenvalue weighted by Crippen LogP contribution is -2.50. The van der Waals surface area contributed by atoms with E-state index in [2.05, 4.69) is 0 Å². The second-order valence-corrected chi connectivity index (χ2v) is 6.10. The Labute approximate surface area is 157 Å². The fourth-order valence-corrected chi connectivity index (χ4v) is 3.14. The third-order valence-corrected chi connectivity index (χ3v) is 4.60. The molecule has 0 bridgehead atoms. The van der Waals surface area contributed by atoms with Gasteiger partial charge in [-0.25, -0.2) is 4.39 Å². The van der Waals surface area contributed by atoms with E-state index >= 15 is 0 Å². The Morgan fingerprint density at radius 3 is 1.85 bits per heavy atom. The molecule has 27 heavy (non-hydrogen) atoms. The van der Waals surface area contributed by atoms with Crippen LogP contribution in [0.1, 0.15) is 20.7 Å². The van der Waals surface area contributed by atoms with Gasteiger partial charge in [0, 0.05) is 26.2 Å². The molecular formula is C20H21FN2O4. The number of hydrogen-bond donors (Lipinski definition) is 0. The molecule has 1 saturated heterocycles. The number of nitrogens with zero attached hydrogens (tertiary/aromatic N) is 2. The molecular weight excluding hydrogens is 351 g/mol. The minimum absolute atomic E-state index is 0.0451. The van der Waals surface area contributed by atoms with E-state index in [1.165, 1.54) is 26.4 Å². The van der Waals surface area contributed by atoms with E-state index < -0.39 is 5.82 Å². The van der Waals surface area contributed by atoms with Crippen LogP contribution in [-0.2, 0) is 0 Å². The van der Waals surface area contributed by atoms with Crippen molar-refractivity contribution in [3.63, 3.8) is 0 Å². The highest BCUT2D eigenvalue weighted by Gasteiger charge is 2.29. The van der Waals surface area contributed by atoms with Crippen molar-refractivity contribution < 1.29 is 23.5 Å². The van der Waals surface area contributed by atoms with Gasteiger partial charge in [0.1, 0.15) is 22.9 Å². The van der Waals surface area contributed by atoms with E-state index in [1.807, 2.05) is 0 Å². The van der Waals surface area contributed by atoms with E-state index in [-0.39, 0.29) is 17.4 Å². The second kappa shape index (κ2) is 8.07. The number of amides is 2. The zero-order valence-electron chi connectivity index (χ0n) is 15.3. The molecule has 3 rings (SSSR count). The fourth-order valence-electron chi connectivity index (χ4n) is 3.14. The number of halogens is 1. The third-order valence-electron chi connectivity index (χ3n) is 4.60. The third kappa shape index (κ3) is 3.72. The molecule has 2 aromatic rings. The highest BCUT2D eigenvalue weighted by Crippen LogP contribution is 2.30.